The third-order valence-corrected chi connectivity index (χ3v) is 1.60. The van der Waals surface area contributed by atoms with Gasteiger partial charge in [0.25, 0.3) is 0 Å². The molecule has 0 aromatic carbocycles. The Labute approximate surface area is 89.3 Å². The lowest BCUT2D eigenvalue weighted by Crippen LogP contribution is -2.39. The first-order valence-corrected chi connectivity index (χ1v) is 4.93. The monoisotopic (exact) mass is 218 g/mol. The van der Waals surface area contributed by atoms with Gasteiger partial charge in [0.1, 0.15) is 0 Å². The van der Waals surface area contributed by atoms with Crippen molar-refractivity contribution in [2.24, 2.45) is 0 Å². The maximum atomic E-state index is 10.9. The molecule has 2 N–H and O–H groups in total. The van der Waals surface area contributed by atoms with Gasteiger partial charge < -0.3 is 9.47 Å². The summed E-state index contributed by atoms with van der Waals surface area (Å²) in [7, 11) is 1.31. The lowest BCUT2D eigenvalue weighted by Gasteiger charge is -2.07. The summed E-state index contributed by atoms with van der Waals surface area (Å²) in [5.41, 5.74) is 4.85. The second-order valence-electron chi connectivity index (χ2n) is 2.87. The molecule has 0 unspecified atom stereocenters. The molecule has 0 rings (SSSR count). The van der Waals surface area contributed by atoms with E-state index < -0.39 is 6.09 Å². The highest BCUT2D eigenvalue weighted by Gasteiger charge is 2.01. The molecule has 6 nitrogen and oxygen atoms in total. The Morgan fingerprint density at radius 1 is 1.33 bits per heavy atom. The van der Waals surface area contributed by atoms with Gasteiger partial charge in [-0.3, -0.25) is 10.2 Å². The predicted molar refractivity (Wildman–Crippen MR) is 54.0 cm³/mol. The van der Waals surface area contributed by atoms with Gasteiger partial charge in [0, 0.05) is 6.54 Å². The molecule has 0 saturated carbocycles. The summed E-state index contributed by atoms with van der Waals surface area (Å²) in [4.78, 5) is 21.6. The minimum Gasteiger partial charge on any atom is -0.469 e. The maximum absolute atomic E-state index is 10.9. The second-order valence-corrected chi connectivity index (χ2v) is 2.87. The lowest BCUT2D eigenvalue weighted by molar-refractivity contribution is -0.140. The van der Waals surface area contributed by atoms with Gasteiger partial charge in [-0.2, -0.15) is 0 Å². The minimum absolute atomic E-state index is 0.200. The van der Waals surface area contributed by atoms with E-state index in [4.69, 9.17) is 4.74 Å². The third kappa shape index (κ3) is 9.01. The molecule has 0 bridgehead atoms. The van der Waals surface area contributed by atoms with E-state index in [2.05, 4.69) is 15.6 Å². The number of rotatable bonds is 7. The molecular formula is C9H18N2O4. The summed E-state index contributed by atoms with van der Waals surface area (Å²) in [5.74, 6) is -0.330. The Balaban J connectivity index is 3.27. The van der Waals surface area contributed by atoms with Gasteiger partial charge >= 0.3 is 12.1 Å². The van der Waals surface area contributed by atoms with Crippen LogP contribution in [0.4, 0.5) is 4.79 Å². The molecule has 6 heteroatoms. The number of unbranched alkanes of at least 4 members (excludes halogenated alkanes) is 1. The molecule has 0 atom stereocenters. The fourth-order valence-electron chi connectivity index (χ4n) is 0.747. The van der Waals surface area contributed by atoms with Crippen molar-refractivity contribution in [3.8, 4) is 0 Å². The van der Waals surface area contributed by atoms with Gasteiger partial charge in [0.15, 0.2) is 0 Å². The molecule has 1 amide bonds. The number of carbonyl (C=O) groups is 2. The Bertz CT molecular complexity index is 197. The van der Waals surface area contributed by atoms with E-state index >= 15 is 0 Å². The zero-order valence-electron chi connectivity index (χ0n) is 9.17. The molecular weight excluding hydrogens is 200 g/mol. The smallest absolute Gasteiger partial charge is 0.421 e. The summed E-state index contributed by atoms with van der Waals surface area (Å²) < 4.78 is 9.20. The van der Waals surface area contributed by atoms with Crippen molar-refractivity contribution in [1.29, 1.82) is 0 Å². The van der Waals surface area contributed by atoms with Gasteiger partial charge in [-0.1, -0.05) is 13.3 Å². The molecule has 88 valence electrons. The lowest BCUT2D eigenvalue weighted by atomic mass is 10.4. The first kappa shape index (κ1) is 13.7. The molecule has 0 fully saturated rings. The molecule has 0 spiro atoms. The molecule has 0 aliphatic carbocycles. The first-order chi connectivity index (χ1) is 7.20. The summed E-state index contributed by atoms with van der Waals surface area (Å²) >= 11 is 0. The average Bonchev–Trinajstić information content (AvgIpc) is 2.24. The normalized spacial score (nSPS) is 9.47. The van der Waals surface area contributed by atoms with E-state index in [1.54, 1.807) is 0 Å². The number of hydrazine groups is 1. The molecule has 0 heterocycles. The fraction of sp³-hybridized carbons (Fsp3) is 0.778. The number of carbonyl (C=O) groups excluding carboxylic acids is 2. The second kappa shape index (κ2) is 9.26. The van der Waals surface area contributed by atoms with Crippen LogP contribution >= 0.6 is 0 Å². The summed E-state index contributed by atoms with van der Waals surface area (Å²) in [6.45, 7) is 2.73. The van der Waals surface area contributed by atoms with E-state index in [1.807, 2.05) is 6.92 Å². The van der Waals surface area contributed by atoms with Crippen LogP contribution in [-0.4, -0.2) is 32.3 Å². The van der Waals surface area contributed by atoms with E-state index in [0.717, 1.165) is 12.8 Å². The van der Waals surface area contributed by atoms with Crippen LogP contribution in [0.1, 0.15) is 26.2 Å². The van der Waals surface area contributed by atoms with Gasteiger partial charge in [-0.05, 0) is 6.42 Å². The van der Waals surface area contributed by atoms with Crippen molar-refractivity contribution in [2.75, 3.05) is 20.3 Å². The Hall–Kier alpha value is -1.30. The molecule has 0 aromatic heterocycles. The zero-order valence-corrected chi connectivity index (χ0v) is 9.17. The number of ether oxygens (including phenoxy) is 2. The SMILES string of the molecule is CCCCOC(=O)NNCCC(=O)OC. The van der Waals surface area contributed by atoms with Crippen LogP contribution in [0.15, 0.2) is 0 Å². The zero-order chi connectivity index (χ0) is 11.5. The molecule has 0 radical (unpaired) electrons. The number of amides is 1. The number of hydrogen-bond donors (Lipinski definition) is 2. The van der Waals surface area contributed by atoms with Crippen LogP contribution in [0.2, 0.25) is 0 Å². The molecule has 15 heavy (non-hydrogen) atoms. The topological polar surface area (TPSA) is 76.7 Å². The molecule has 0 aliphatic rings. The van der Waals surface area contributed by atoms with Crippen molar-refractivity contribution in [1.82, 2.24) is 10.9 Å². The van der Waals surface area contributed by atoms with Crippen molar-refractivity contribution < 1.29 is 19.1 Å². The fourth-order valence-corrected chi connectivity index (χ4v) is 0.747. The van der Waals surface area contributed by atoms with Gasteiger partial charge in [-0.15, -0.1) is 0 Å². The number of esters is 1. The summed E-state index contributed by atoms with van der Waals surface area (Å²) in [6, 6.07) is 0. The highest BCUT2D eigenvalue weighted by Crippen LogP contribution is 1.87. The summed E-state index contributed by atoms with van der Waals surface area (Å²) in [6.07, 6.45) is 1.48. The van der Waals surface area contributed by atoms with E-state index in [-0.39, 0.29) is 12.4 Å². The van der Waals surface area contributed by atoms with E-state index in [1.165, 1.54) is 7.11 Å². The number of hydrogen-bond acceptors (Lipinski definition) is 5. The minimum atomic E-state index is -0.534. The third-order valence-electron chi connectivity index (χ3n) is 1.60. The van der Waals surface area contributed by atoms with Crippen molar-refractivity contribution in [3.63, 3.8) is 0 Å². The van der Waals surface area contributed by atoms with Crippen LogP contribution in [0.3, 0.4) is 0 Å². The molecule has 0 aliphatic heterocycles. The van der Waals surface area contributed by atoms with Crippen molar-refractivity contribution >= 4 is 12.1 Å². The van der Waals surface area contributed by atoms with Crippen LogP contribution in [-0.2, 0) is 14.3 Å². The Morgan fingerprint density at radius 3 is 2.67 bits per heavy atom. The van der Waals surface area contributed by atoms with E-state index in [0.29, 0.717) is 13.2 Å². The highest BCUT2D eigenvalue weighted by molar-refractivity contribution is 5.69. The standard InChI is InChI=1S/C9H18N2O4/c1-3-4-7-15-9(13)11-10-6-5-8(12)14-2/h10H,3-7H2,1-2H3,(H,11,13). The molecule has 0 aromatic rings. The average molecular weight is 218 g/mol. The maximum Gasteiger partial charge on any atom is 0.421 e. The first-order valence-electron chi connectivity index (χ1n) is 4.93. The van der Waals surface area contributed by atoms with Crippen molar-refractivity contribution in [3.05, 3.63) is 0 Å². The quantitative estimate of drug-likeness (QED) is 0.371. The van der Waals surface area contributed by atoms with Crippen LogP contribution < -0.4 is 10.9 Å². The number of methoxy groups -OCH3 is 1. The van der Waals surface area contributed by atoms with Crippen LogP contribution in [0.5, 0.6) is 0 Å². The van der Waals surface area contributed by atoms with Gasteiger partial charge in [0.05, 0.1) is 20.1 Å². The summed E-state index contributed by atoms with van der Waals surface area (Å²) in [5, 5.41) is 0. The Morgan fingerprint density at radius 2 is 2.07 bits per heavy atom. The van der Waals surface area contributed by atoms with Gasteiger partial charge in [-0.25, -0.2) is 10.2 Å². The van der Waals surface area contributed by atoms with Crippen LogP contribution in [0.25, 0.3) is 0 Å². The largest absolute Gasteiger partial charge is 0.469 e. The predicted octanol–water partition coefficient (Wildman–Crippen LogP) is 0.580. The molecule has 0 saturated heterocycles. The van der Waals surface area contributed by atoms with Crippen molar-refractivity contribution in [2.45, 2.75) is 26.2 Å². The highest BCUT2D eigenvalue weighted by atomic mass is 16.6. The van der Waals surface area contributed by atoms with Crippen LogP contribution in [0, 0.1) is 0 Å². The van der Waals surface area contributed by atoms with E-state index in [9.17, 15) is 9.59 Å². The van der Waals surface area contributed by atoms with Gasteiger partial charge in [0.2, 0.25) is 0 Å². The number of nitrogens with one attached hydrogen (secondary N) is 2. The Kier molecular flexibility index (Phi) is 8.46.